The van der Waals surface area contributed by atoms with E-state index in [1.165, 1.54) is 4.88 Å². The van der Waals surface area contributed by atoms with Gasteiger partial charge in [-0.1, -0.05) is 48.5 Å². The zero-order chi connectivity index (χ0) is 18.5. The van der Waals surface area contributed by atoms with Gasteiger partial charge >= 0.3 is 0 Å². The highest BCUT2D eigenvalue weighted by Crippen LogP contribution is 2.19. The van der Waals surface area contributed by atoms with Crippen molar-refractivity contribution in [2.24, 2.45) is 0 Å². The van der Waals surface area contributed by atoms with Gasteiger partial charge < -0.3 is 10.2 Å². The first-order valence-corrected chi connectivity index (χ1v) is 9.70. The van der Waals surface area contributed by atoms with Gasteiger partial charge in [0.1, 0.15) is 6.54 Å². The van der Waals surface area contributed by atoms with E-state index in [0.717, 1.165) is 33.8 Å². The Morgan fingerprint density at radius 3 is 2.54 bits per heavy atom. The number of hydrogen-bond acceptors (Lipinski definition) is 2. The maximum atomic E-state index is 13.2. The van der Waals surface area contributed by atoms with Crippen molar-refractivity contribution in [3.8, 4) is 0 Å². The van der Waals surface area contributed by atoms with Crippen LogP contribution in [0.4, 0.5) is 5.69 Å². The summed E-state index contributed by atoms with van der Waals surface area (Å²) in [5.41, 5.74) is 4.14. The van der Waals surface area contributed by atoms with E-state index in [9.17, 15) is 4.79 Å². The minimum Gasteiger partial charge on any atom is -0.320 e. The molecule has 134 valence electrons. The van der Waals surface area contributed by atoms with Crippen LogP contribution in [-0.2, 0) is 11.3 Å². The summed E-state index contributed by atoms with van der Waals surface area (Å²) in [6.07, 6.45) is 0. The predicted octanol–water partition coefficient (Wildman–Crippen LogP) is 3.76. The van der Waals surface area contributed by atoms with E-state index in [-0.39, 0.29) is 11.9 Å². The van der Waals surface area contributed by atoms with Crippen LogP contribution >= 0.6 is 11.3 Å². The molecule has 0 fully saturated rings. The quantitative estimate of drug-likeness (QED) is 0.685. The Labute approximate surface area is 159 Å². The average Bonchev–Trinajstić information content (AvgIpc) is 3.12. The third-order valence-corrected chi connectivity index (χ3v) is 5.45. The maximum absolute atomic E-state index is 13.2. The van der Waals surface area contributed by atoms with Gasteiger partial charge in [-0.25, -0.2) is 0 Å². The van der Waals surface area contributed by atoms with Gasteiger partial charge in [-0.05, 0) is 42.5 Å². The Morgan fingerprint density at radius 1 is 1.08 bits per heavy atom. The molecule has 4 heteroatoms. The number of anilines is 1. The second-order valence-corrected chi connectivity index (χ2v) is 7.79. The van der Waals surface area contributed by atoms with Gasteiger partial charge in [-0.15, -0.1) is 11.3 Å². The van der Waals surface area contributed by atoms with Crippen LogP contribution in [0, 0.1) is 13.8 Å². The van der Waals surface area contributed by atoms with Crippen molar-refractivity contribution >= 4 is 22.9 Å². The van der Waals surface area contributed by atoms with E-state index >= 15 is 0 Å². The molecular formula is C22H25N2OS+. The maximum Gasteiger partial charge on any atom is 0.287 e. The van der Waals surface area contributed by atoms with Crippen LogP contribution in [0.3, 0.4) is 0 Å². The van der Waals surface area contributed by atoms with Gasteiger partial charge in [-0.2, -0.15) is 0 Å². The molecule has 0 radical (unpaired) electrons. The van der Waals surface area contributed by atoms with E-state index < -0.39 is 0 Å². The highest BCUT2D eigenvalue weighted by molar-refractivity contribution is 7.09. The highest BCUT2D eigenvalue weighted by atomic mass is 32.1. The van der Waals surface area contributed by atoms with Crippen molar-refractivity contribution < 1.29 is 9.69 Å². The fourth-order valence-corrected chi connectivity index (χ4v) is 3.97. The van der Waals surface area contributed by atoms with Crippen molar-refractivity contribution in [1.82, 2.24) is 0 Å². The standard InChI is InChI=1S/C22H24N2OS/c1-16-11-12-17(2)20(14-16)23-22(25)21(18-8-5-4-6-9-18)24(3)15-19-10-7-13-26-19/h4-14,21H,15H2,1-3H3,(H,23,25)/p+1/t21-/m1/s1. The number of aryl methyl sites for hydroxylation is 2. The van der Waals surface area contributed by atoms with Crippen LogP contribution in [0.15, 0.2) is 66.0 Å². The van der Waals surface area contributed by atoms with Crippen LogP contribution in [0.25, 0.3) is 0 Å². The number of benzene rings is 2. The molecule has 3 nitrogen and oxygen atoms in total. The number of carbonyl (C=O) groups is 1. The first-order chi connectivity index (χ1) is 12.5. The molecule has 0 saturated heterocycles. The molecule has 26 heavy (non-hydrogen) atoms. The molecule has 0 aliphatic heterocycles. The van der Waals surface area contributed by atoms with Crippen molar-refractivity contribution in [1.29, 1.82) is 0 Å². The normalized spacial score (nSPS) is 13.2. The Morgan fingerprint density at radius 2 is 1.85 bits per heavy atom. The number of likely N-dealkylation sites (N-methyl/N-ethyl adjacent to an activating group) is 1. The zero-order valence-corrected chi connectivity index (χ0v) is 16.3. The van der Waals surface area contributed by atoms with E-state index in [0.29, 0.717) is 0 Å². The summed E-state index contributed by atoms with van der Waals surface area (Å²) in [4.78, 5) is 15.7. The van der Waals surface area contributed by atoms with Crippen molar-refractivity contribution in [3.05, 3.63) is 87.6 Å². The Kier molecular flexibility index (Phi) is 5.86. The fourth-order valence-electron chi connectivity index (χ4n) is 3.17. The largest absolute Gasteiger partial charge is 0.320 e. The van der Waals surface area contributed by atoms with E-state index in [4.69, 9.17) is 0 Å². The lowest BCUT2D eigenvalue weighted by atomic mass is 10.0. The molecular weight excluding hydrogens is 340 g/mol. The smallest absolute Gasteiger partial charge is 0.287 e. The summed E-state index contributed by atoms with van der Waals surface area (Å²) in [5, 5.41) is 5.23. The summed E-state index contributed by atoms with van der Waals surface area (Å²) in [6, 6.07) is 20.1. The molecule has 0 spiro atoms. The fraction of sp³-hybridized carbons (Fsp3) is 0.227. The molecule has 3 aromatic rings. The minimum absolute atomic E-state index is 0.0268. The molecule has 1 amide bonds. The van der Waals surface area contributed by atoms with Gasteiger partial charge in [0.05, 0.1) is 11.9 Å². The molecule has 1 heterocycles. The van der Waals surface area contributed by atoms with Gasteiger partial charge in [0, 0.05) is 11.3 Å². The molecule has 2 N–H and O–H groups in total. The molecule has 0 aliphatic rings. The minimum atomic E-state index is -0.266. The van der Waals surface area contributed by atoms with Crippen LogP contribution < -0.4 is 10.2 Å². The lowest BCUT2D eigenvalue weighted by Gasteiger charge is -2.24. The van der Waals surface area contributed by atoms with Gasteiger partial charge in [0.25, 0.3) is 5.91 Å². The molecule has 3 rings (SSSR count). The number of thiophene rings is 1. The molecule has 0 saturated carbocycles. The first-order valence-electron chi connectivity index (χ1n) is 8.82. The summed E-state index contributed by atoms with van der Waals surface area (Å²) in [7, 11) is 2.08. The number of hydrogen-bond donors (Lipinski definition) is 2. The summed E-state index contributed by atoms with van der Waals surface area (Å²) < 4.78 is 0. The predicted molar refractivity (Wildman–Crippen MR) is 109 cm³/mol. The zero-order valence-electron chi connectivity index (χ0n) is 15.5. The number of rotatable bonds is 6. The monoisotopic (exact) mass is 365 g/mol. The van der Waals surface area contributed by atoms with Crippen LogP contribution in [0.2, 0.25) is 0 Å². The van der Waals surface area contributed by atoms with Crippen LogP contribution in [0.5, 0.6) is 0 Å². The Balaban J connectivity index is 1.87. The second-order valence-electron chi connectivity index (χ2n) is 6.75. The summed E-state index contributed by atoms with van der Waals surface area (Å²) >= 11 is 1.73. The molecule has 0 aliphatic carbocycles. The Hall–Kier alpha value is -2.43. The Bertz CT molecular complexity index is 859. The molecule has 1 aromatic heterocycles. The SMILES string of the molecule is Cc1ccc(C)c(NC(=O)[C@@H](c2ccccc2)[NH+](C)Cc2cccs2)c1. The number of nitrogens with one attached hydrogen (secondary N) is 2. The number of quaternary nitrogens is 1. The summed E-state index contributed by atoms with van der Waals surface area (Å²) in [5.74, 6) is 0.0268. The van der Waals surface area contributed by atoms with Crippen LogP contribution in [0.1, 0.15) is 27.6 Å². The van der Waals surface area contributed by atoms with E-state index in [1.54, 1.807) is 11.3 Å². The topological polar surface area (TPSA) is 33.5 Å². The number of amides is 1. The second kappa shape index (κ2) is 8.30. The molecule has 1 unspecified atom stereocenters. The van der Waals surface area contributed by atoms with Crippen molar-refractivity contribution in [3.63, 3.8) is 0 Å². The molecule has 2 atom stereocenters. The molecule has 0 bridgehead atoms. The van der Waals surface area contributed by atoms with Gasteiger partial charge in [0.15, 0.2) is 6.04 Å². The van der Waals surface area contributed by atoms with E-state index in [2.05, 4.69) is 35.9 Å². The lowest BCUT2D eigenvalue weighted by Crippen LogP contribution is -3.09. The van der Waals surface area contributed by atoms with Crippen molar-refractivity contribution in [2.75, 3.05) is 12.4 Å². The molecule has 2 aromatic carbocycles. The number of carbonyl (C=O) groups excluding carboxylic acids is 1. The lowest BCUT2D eigenvalue weighted by molar-refractivity contribution is -0.915. The first kappa shape index (κ1) is 18.4. The van der Waals surface area contributed by atoms with E-state index in [1.807, 2.05) is 56.3 Å². The average molecular weight is 366 g/mol. The van der Waals surface area contributed by atoms with Gasteiger partial charge in [0.2, 0.25) is 0 Å². The summed E-state index contributed by atoms with van der Waals surface area (Å²) in [6.45, 7) is 4.88. The van der Waals surface area contributed by atoms with Crippen molar-refractivity contribution in [2.45, 2.75) is 26.4 Å². The third kappa shape index (κ3) is 4.40. The third-order valence-electron chi connectivity index (χ3n) is 4.57. The van der Waals surface area contributed by atoms with Crippen LogP contribution in [-0.4, -0.2) is 13.0 Å². The highest BCUT2D eigenvalue weighted by Gasteiger charge is 2.29. The van der Waals surface area contributed by atoms with Gasteiger partial charge in [-0.3, -0.25) is 4.79 Å².